The minimum absolute atomic E-state index is 0.763. The third kappa shape index (κ3) is 0.708. The van der Waals surface area contributed by atoms with E-state index in [-0.39, 0.29) is 0 Å². The van der Waals surface area contributed by atoms with Gasteiger partial charge in [-0.3, -0.25) is 4.99 Å². The highest BCUT2D eigenvalue weighted by atomic mass is 32.1. The lowest BCUT2D eigenvalue weighted by atomic mass is 10.4. The van der Waals surface area contributed by atoms with Crippen molar-refractivity contribution in [3.63, 3.8) is 0 Å². The zero-order valence-corrected chi connectivity index (χ0v) is 6.11. The van der Waals surface area contributed by atoms with Gasteiger partial charge >= 0.3 is 0 Å². The van der Waals surface area contributed by atoms with Gasteiger partial charge in [0.2, 0.25) is 0 Å². The molecule has 2 rings (SSSR count). The monoisotopic (exact) mass is 150 g/mol. The Kier molecular flexibility index (Phi) is 1.17. The lowest BCUT2D eigenvalue weighted by Crippen LogP contribution is -2.25. The highest BCUT2D eigenvalue weighted by Crippen LogP contribution is 1.80. The van der Waals surface area contributed by atoms with Crippen LogP contribution in [0.15, 0.2) is 17.3 Å². The molecule has 0 amide bonds. The lowest BCUT2D eigenvalue weighted by molar-refractivity contribution is 1.09. The van der Waals surface area contributed by atoms with Gasteiger partial charge in [0.15, 0.2) is 0 Å². The topological polar surface area (TPSA) is 28.1 Å². The molecule has 0 aromatic carbocycles. The molecule has 1 N–H and O–H groups in total. The van der Waals surface area contributed by atoms with Crippen LogP contribution in [0.3, 0.4) is 0 Å². The Balaban J connectivity index is 3.12. The van der Waals surface area contributed by atoms with Crippen LogP contribution in [0.2, 0.25) is 0 Å². The molecule has 0 saturated heterocycles. The Morgan fingerprint density at radius 3 is 3.30 bits per heavy atom. The second-order valence-corrected chi connectivity index (χ2v) is 2.59. The van der Waals surface area contributed by atoms with Gasteiger partial charge in [0.1, 0.15) is 5.49 Å². The van der Waals surface area contributed by atoms with Crippen molar-refractivity contribution in [1.82, 2.24) is 4.98 Å². The quantitative estimate of drug-likeness (QED) is 0.524. The van der Waals surface area contributed by atoms with E-state index in [9.17, 15) is 0 Å². The minimum atomic E-state index is 0.763. The van der Waals surface area contributed by atoms with Crippen LogP contribution >= 0.6 is 12.2 Å². The summed E-state index contributed by atoms with van der Waals surface area (Å²) in [5.74, 6) is 0. The summed E-state index contributed by atoms with van der Waals surface area (Å²) in [4.78, 5) is 7.21. The molecule has 3 heteroatoms. The number of fused-ring (bicyclic) bond motifs is 1. The number of hydrogen-bond donors (Lipinski definition) is 1. The van der Waals surface area contributed by atoms with E-state index in [1.807, 2.05) is 18.3 Å². The van der Waals surface area contributed by atoms with Crippen LogP contribution in [0, 0.1) is 4.51 Å². The first-order valence-electron chi connectivity index (χ1n) is 3.10. The smallest absolute Gasteiger partial charge is 0.133 e. The first-order valence-corrected chi connectivity index (χ1v) is 3.51. The van der Waals surface area contributed by atoms with Gasteiger partial charge in [-0.25, -0.2) is 0 Å². The van der Waals surface area contributed by atoms with Crippen LogP contribution in [0.1, 0.15) is 0 Å². The standard InChI is InChI=1S/C7H6N2S/c10-6-2-4-9-7-5(6)1-3-8-7/h1-2,4H,3H2,(H,8,9). The third-order valence-electron chi connectivity index (χ3n) is 1.52. The van der Waals surface area contributed by atoms with Crippen molar-refractivity contribution in [2.75, 3.05) is 6.54 Å². The van der Waals surface area contributed by atoms with Gasteiger partial charge in [0, 0.05) is 15.9 Å². The minimum Gasteiger partial charge on any atom is -0.346 e. The number of nitrogens with one attached hydrogen (secondary N) is 1. The molecule has 10 heavy (non-hydrogen) atoms. The normalized spacial score (nSPS) is 13.6. The number of nitrogens with zero attached hydrogens (tertiary/aromatic N) is 1. The SMILES string of the molecule is S=c1cc[nH]c2c1=CCN=2. The lowest BCUT2D eigenvalue weighted by Gasteiger charge is -1.82. The van der Waals surface area contributed by atoms with Crippen molar-refractivity contribution in [2.45, 2.75) is 0 Å². The Bertz CT molecular complexity index is 416. The average molecular weight is 150 g/mol. The summed E-state index contributed by atoms with van der Waals surface area (Å²) >= 11 is 5.07. The van der Waals surface area contributed by atoms with E-state index < -0.39 is 0 Å². The van der Waals surface area contributed by atoms with Gasteiger partial charge in [-0.15, -0.1) is 0 Å². The van der Waals surface area contributed by atoms with Crippen LogP contribution in [-0.2, 0) is 0 Å². The largest absolute Gasteiger partial charge is 0.346 e. The Morgan fingerprint density at radius 2 is 2.50 bits per heavy atom. The maximum Gasteiger partial charge on any atom is 0.133 e. The van der Waals surface area contributed by atoms with Gasteiger partial charge in [-0.05, 0) is 6.07 Å². The molecule has 2 heterocycles. The number of rotatable bonds is 0. The second kappa shape index (κ2) is 2.02. The molecule has 1 aromatic rings. The fourth-order valence-corrected chi connectivity index (χ4v) is 1.28. The van der Waals surface area contributed by atoms with Crippen LogP contribution in [0.4, 0.5) is 0 Å². The zero-order valence-electron chi connectivity index (χ0n) is 5.29. The van der Waals surface area contributed by atoms with E-state index in [0.717, 1.165) is 21.8 Å². The van der Waals surface area contributed by atoms with Gasteiger partial charge in [-0.1, -0.05) is 18.3 Å². The summed E-state index contributed by atoms with van der Waals surface area (Å²) in [5.41, 5.74) is 0.924. The molecule has 0 aliphatic carbocycles. The average Bonchev–Trinajstić information content (AvgIpc) is 2.36. The van der Waals surface area contributed by atoms with Crippen LogP contribution < -0.4 is 10.7 Å². The molecule has 2 nitrogen and oxygen atoms in total. The highest BCUT2D eigenvalue weighted by molar-refractivity contribution is 7.71. The van der Waals surface area contributed by atoms with Crippen LogP contribution in [0.5, 0.6) is 0 Å². The zero-order chi connectivity index (χ0) is 6.97. The molecule has 1 aliphatic heterocycles. The molecule has 0 bridgehead atoms. The molecule has 50 valence electrons. The molecule has 0 unspecified atom stereocenters. The molecular formula is C7H6N2S. The van der Waals surface area contributed by atoms with Gasteiger partial charge < -0.3 is 4.98 Å². The number of hydrogen-bond acceptors (Lipinski definition) is 2. The first kappa shape index (κ1) is 5.80. The van der Waals surface area contributed by atoms with Gasteiger partial charge in [0.25, 0.3) is 0 Å². The van der Waals surface area contributed by atoms with E-state index in [1.54, 1.807) is 0 Å². The Morgan fingerprint density at radius 1 is 1.60 bits per heavy atom. The molecule has 0 fully saturated rings. The predicted octanol–water partition coefficient (Wildman–Crippen LogP) is 0.158. The first-order chi connectivity index (χ1) is 4.88. The maximum atomic E-state index is 5.07. The Hall–Kier alpha value is -0.960. The van der Waals surface area contributed by atoms with Crippen molar-refractivity contribution >= 4 is 18.3 Å². The van der Waals surface area contributed by atoms with E-state index in [0.29, 0.717) is 0 Å². The molecule has 0 spiro atoms. The van der Waals surface area contributed by atoms with E-state index >= 15 is 0 Å². The van der Waals surface area contributed by atoms with Crippen LogP contribution in [-0.4, -0.2) is 11.5 Å². The number of pyridine rings is 1. The predicted molar refractivity (Wildman–Crippen MR) is 41.7 cm³/mol. The molecule has 0 atom stereocenters. The second-order valence-electron chi connectivity index (χ2n) is 2.15. The summed E-state index contributed by atoms with van der Waals surface area (Å²) in [6.45, 7) is 0.763. The number of H-pyrrole nitrogens is 1. The summed E-state index contributed by atoms with van der Waals surface area (Å²) in [6.07, 6.45) is 3.86. The fraction of sp³-hybridized carbons (Fsp3) is 0.143. The molecule has 0 radical (unpaired) electrons. The van der Waals surface area contributed by atoms with E-state index in [2.05, 4.69) is 9.98 Å². The fourth-order valence-electron chi connectivity index (χ4n) is 1.04. The molecule has 0 saturated carbocycles. The van der Waals surface area contributed by atoms with Crippen molar-refractivity contribution in [2.24, 2.45) is 4.99 Å². The summed E-state index contributed by atoms with van der Waals surface area (Å²) < 4.78 is 0.884. The van der Waals surface area contributed by atoms with Gasteiger partial charge in [0.05, 0.1) is 6.54 Å². The number of aromatic amines is 1. The van der Waals surface area contributed by atoms with Crippen molar-refractivity contribution in [3.05, 3.63) is 27.5 Å². The highest BCUT2D eigenvalue weighted by Gasteiger charge is 1.93. The number of aromatic nitrogens is 1. The van der Waals surface area contributed by atoms with Crippen molar-refractivity contribution in [1.29, 1.82) is 0 Å². The third-order valence-corrected chi connectivity index (χ3v) is 1.88. The van der Waals surface area contributed by atoms with Gasteiger partial charge in [-0.2, -0.15) is 0 Å². The Labute approximate surface area is 62.9 Å². The van der Waals surface area contributed by atoms with Crippen LogP contribution in [0.25, 0.3) is 6.08 Å². The maximum absolute atomic E-state index is 5.07. The van der Waals surface area contributed by atoms with E-state index in [4.69, 9.17) is 12.2 Å². The summed E-state index contributed by atoms with van der Waals surface area (Å²) in [7, 11) is 0. The molecule has 1 aromatic heterocycles. The molecular weight excluding hydrogens is 144 g/mol. The van der Waals surface area contributed by atoms with Crippen molar-refractivity contribution < 1.29 is 0 Å². The summed E-state index contributed by atoms with van der Waals surface area (Å²) in [5, 5.41) is 1.08. The van der Waals surface area contributed by atoms with Crippen molar-refractivity contribution in [3.8, 4) is 0 Å². The van der Waals surface area contributed by atoms with E-state index in [1.165, 1.54) is 0 Å². The summed E-state index contributed by atoms with van der Waals surface area (Å²) in [6, 6.07) is 1.88. The molecule has 1 aliphatic rings.